The molecular formula is C18H22N6O5S. The molecule has 30 heavy (non-hydrogen) atoms. The average Bonchev–Trinajstić information content (AvgIpc) is 3.05. The molecule has 0 bridgehead atoms. The number of oxazole rings is 1. The first-order valence-corrected chi connectivity index (χ1v) is 10.9. The smallest absolute Gasteiger partial charge is 0.408 e. The van der Waals surface area contributed by atoms with Crippen LogP contribution in [0.25, 0.3) is 11.1 Å². The topological polar surface area (TPSA) is 132 Å². The summed E-state index contributed by atoms with van der Waals surface area (Å²) >= 11 is 0. The second-order valence-electron chi connectivity index (χ2n) is 6.74. The minimum absolute atomic E-state index is 0.0584. The summed E-state index contributed by atoms with van der Waals surface area (Å²) in [6.45, 7) is 3.35. The molecule has 12 heteroatoms. The van der Waals surface area contributed by atoms with Crippen molar-refractivity contribution in [2.24, 2.45) is 7.05 Å². The van der Waals surface area contributed by atoms with Crippen LogP contribution in [0, 0.1) is 0 Å². The van der Waals surface area contributed by atoms with Crippen molar-refractivity contribution < 1.29 is 17.6 Å². The summed E-state index contributed by atoms with van der Waals surface area (Å²) in [6, 6.07) is 6.11. The third-order valence-electron chi connectivity index (χ3n) is 4.78. The Balaban J connectivity index is 1.36. The van der Waals surface area contributed by atoms with Gasteiger partial charge < -0.3 is 19.4 Å². The van der Waals surface area contributed by atoms with Crippen molar-refractivity contribution in [3.05, 3.63) is 41.1 Å². The number of nitrogens with one attached hydrogen (secondary N) is 2. The van der Waals surface area contributed by atoms with Crippen molar-refractivity contribution in [2.45, 2.75) is 4.90 Å². The Morgan fingerprint density at radius 1 is 1.13 bits per heavy atom. The summed E-state index contributed by atoms with van der Waals surface area (Å²) in [7, 11) is -2.22. The fourth-order valence-electron chi connectivity index (χ4n) is 3.14. The van der Waals surface area contributed by atoms with Gasteiger partial charge in [-0.3, -0.25) is 4.57 Å². The van der Waals surface area contributed by atoms with Gasteiger partial charge in [-0.15, -0.1) is 0 Å². The maximum Gasteiger partial charge on any atom is 0.419 e. The molecule has 1 aliphatic heterocycles. The van der Waals surface area contributed by atoms with Crippen LogP contribution in [0.4, 0.5) is 11.6 Å². The first-order valence-electron chi connectivity index (χ1n) is 9.42. The number of ether oxygens (including phenoxy) is 1. The molecule has 1 fully saturated rings. The highest BCUT2D eigenvalue weighted by atomic mass is 32.2. The number of benzene rings is 1. The highest BCUT2D eigenvalue weighted by molar-refractivity contribution is 7.89. The fraction of sp³-hybridized carbons (Fsp3) is 0.389. The minimum atomic E-state index is -3.74. The number of rotatable bonds is 7. The zero-order valence-electron chi connectivity index (χ0n) is 16.4. The second kappa shape index (κ2) is 8.42. The summed E-state index contributed by atoms with van der Waals surface area (Å²) in [5.74, 6) is 0.869. The maximum atomic E-state index is 12.6. The molecule has 3 heterocycles. The van der Waals surface area contributed by atoms with E-state index in [0.29, 0.717) is 36.7 Å². The molecule has 0 amide bonds. The van der Waals surface area contributed by atoms with E-state index >= 15 is 0 Å². The molecule has 2 aromatic heterocycles. The first kappa shape index (κ1) is 20.3. The number of hydrogen-bond acceptors (Lipinski definition) is 9. The fourth-order valence-corrected chi connectivity index (χ4v) is 4.19. The Hall–Kier alpha value is -2.96. The SMILES string of the molecule is Cn1c(=O)oc2ccc(S(=O)(=O)NCCNc3cc(N4CCOCC4)ncn3)cc21. The number of aromatic nitrogens is 3. The van der Waals surface area contributed by atoms with E-state index in [0.717, 1.165) is 18.9 Å². The Morgan fingerprint density at radius 2 is 1.93 bits per heavy atom. The van der Waals surface area contributed by atoms with Crippen molar-refractivity contribution >= 4 is 32.8 Å². The molecule has 2 N–H and O–H groups in total. The van der Waals surface area contributed by atoms with E-state index in [-0.39, 0.29) is 11.4 Å². The van der Waals surface area contributed by atoms with E-state index in [1.54, 1.807) is 0 Å². The molecule has 0 spiro atoms. The van der Waals surface area contributed by atoms with E-state index in [1.165, 1.54) is 36.1 Å². The largest absolute Gasteiger partial charge is 0.419 e. The summed E-state index contributed by atoms with van der Waals surface area (Å²) in [4.78, 5) is 22.2. The highest BCUT2D eigenvalue weighted by Gasteiger charge is 2.17. The van der Waals surface area contributed by atoms with Gasteiger partial charge in [-0.05, 0) is 18.2 Å². The molecule has 0 saturated carbocycles. The zero-order valence-corrected chi connectivity index (χ0v) is 17.2. The normalized spacial score (nSPS) is 14.9. The van der Waals surface area contributed by atoms with E-state index in [9.17, 15) is 13.2 Å². The Bertz CT molecular complexity index is 1200. The van der Waals surface area contributed by atoms with Crippen LogP contribution >= 0.6 is 0 Å². The number of aryl methyl sites for hydroxylation is 1. The number of morpholine rings is 1. The second-order valence-corrected chi connectivity index (χ2v) is 8.51. The number of nitrogens with zero attached hydrogens (tertiary/aromatic N) is 4. The van der Waals surface area contributed by atoms with Crippen LogP contribution in [0.1, 0.15) is 0 Å². The lowest BCUT2D eigenvalue weighted by Gasteiger charge is -2.27. The van der Waals surface area contributed by atoms with Crippen LogP contribution in [0.5, 0.6) is 0 Å². The van der Waals surface area contributed by atoms with Gasteiger partial charge in [0, 0.05) is 39.3 Å². The van der Waals surface area contributed by atoms with Crippen molar-refractivity contribution in [1.29, 1.82) is 0 Å². The van der Waals surface area contributed by atoms with Gasteiger partial charge in [-0.1, -0.05) is 0 Å². The van der Waals surface area contributed by atoms with Crippen molar-refractivity contribution in [3.8, 4) is 0 Å². The van der Waals surface area contributed by atoms with E-state index < -0.39 is 15.8 Å². The van der Waals surface area contributed by atoms with Crippen molar-refractivity contribution in [1.82, 2.24) is 19.3 Å². The quantitative estimate of drug-likeness (QED) is 0.499. The van der Waals surface area contributed by atoms with Gasteiger partial charge in [0.1, 0.15) is 18.0 Å². The van der Waals surface area contributed by atoms with Gasteiger partial charge in [0.2, 0.25) is 10.0 Å². The lowest BCUT2D eigenvalue weighted by atomic mass is 10.3. The third kappa shape index (κ3) is 4.30. The predicted octanol–water partition coefficient (Wildman–Crippen LogP) is 0.149. The van der Waals surface area contributed by atoms with Gasteiger partial charge in [0.15, 0.2) is 5.58 Å². The van der Waals surface area contributed by atoms with Crippen LogP contribution in [-0.2, 0) is 21.8 Å². The highest BCUT2D eigenvalue weighted by Crippen LogP contribution is 2.18. The lowest BCUT2D eigenvalue weighted by molar-refractivity contribution is 0.122. The monoisotopic (exact) mass is 434 g/mol. The summed E-state index contributed by atoms with van der Waals surface area (Å²) < 4.78 is 39.3. The Labute approximate surface area is 172 Å². The molecule has 1 saturated heterocycles. The van der Waals surface area contributed by atoms with Crippen molar-refractivity contribution in [2.75, 3.05) is 49.6 Å². The summed E-state index contributed by atoms with van der Waals surface area (Å²) in [6.07, 6.45) is 1.47. The lowest BCUT2D eigenvalue weighted by Crippen LogP contribution is -2.36. The van der Waals surface area contributed by atoms with E-state index in [2.05, 4.69) is 24.9 Å². The van der Waals surface area contributed by atoms with Gasteiger partial charge in [-0.25, -0.2) is 27.9 Å². The summed E-state index contributed by atoms with van der Waals surface area (Å²) in [5, 5.41) is 3.09. The van der Waals surface area contributed by atoms with Gasteiger partial charge in [0.25, 0.3) is 0 Å². The van der Waals surface area contributed by atoms with Crippen molar-refractivity contribution in [3.63, 3.8) is 0 Å². The molecule has 0 unspecified atom stereocenters. The van der Waals surface area contributed by atoms with Gasteiger partial charge >= 0.3 is 5.76 Å². The van der Waals surface area contributed by atoms with Crippen LogP contribution in [-0.4, -0.2) is 62.3 Å². The Kier molecular flexibility index (Phi) is 5.70. The van der Waals surface area contributed by atoms with Gasteiger partial charge in [0.05, 0.1) is 23.6 Å². The molecule has 4 rings (SSSR count). The number of anilines is 2. The molecule has 0 atom stereocenters. The predicted molar refractivity (Wildman–Crippen MR) is 110 cm³/mol. The minimum Gasteiger partial charge on any atom is -0.408 e. The van der Waals surface area contributed by atoms with Crippen LogP contribution < -0.4 is 20.7 Å². The van der Waals surface area contributed by atoms with Gasteiger partial charge in [-0.2, -0.15) is 0 Å². The van der Waals surface area contributed by atoms with Crippen LogP contribution in [0.15, 0.2) is 44.7 Å². The zero-order chi connectivity index (χ0) is 21.1. The molecule has 11 nitrogen and oxygen atoms in total. The molecular weight excluding hydrogens is 412 g/mol. The molecule has 3 aromatic rings. The van der Waals surface area contributed by atoms with E-state index in [1.807, 2.05) is 6.07 Å². The Morgan fingerprint density at radius 3 is 2.73 bits per heavy atom. The first-order chi connectivity index (χ1) is 14.4. The average molecular weight is 434 g/mol. The van der Waals surface area contributed by atoms with Crippen LogP contribution in [0.2, 0.25) is 0 Å². The molecule has 1 aliphatic rings. The molecule has 1 aromatic carbocycles. The molecule has 0 aliphatic carbocycles. The third-order valence-corrected chi connectivity index (χ3v) is 6.24. The number of hydrogen-bond donors (Lipinski definition) is 2. The molecule has 160 valence electrons. The number of fused-ring (bicyclic) bond motifs is 1. The standard InChI is InChI=1S/C18H22N6O5S/c1-23-14-10-13(2-3-15(14)29-18(23)25)30(26,27)22-5-4-19-16-11-17(21-12-20-16)24-6-8-28-9-7-24/h2-3,10-12,22H,4-9H2,1H3,(H,19,20,21). The molecule has 0 radical (unpaired) electrons. The number of sulfonamides is 1. The van der Waals surface area contributed by atoms with E-state index in [4.69, 9.17) is 9.15 Å². The maximum absolute atomic E-state index is 12.6. The van der Waals surface area contributed by atoms with Crippen LogP contribution in [0.3, 0.4) is 0 Å². The summed E-state index contributed by atoms with van der Waals surface area (Å²) in [5.41, 5.74) is 0.751.